The van der Waals surface area contributed by atoms with Gasteiger partial charge in [0, 0.05) is 25.0 Å². The maximum atomic E-state index is 12.7. The number of rotatable bonds is 5. The van der Waals surface area contributed by atoms with Crippen LogP contribution in [0.2, 0.25) is 0 Å². The summed E-state index contributed by atoms with van der Waals surface area (Å²) in [5.41, 5.74) is -0.434. The molecule has 3 rings (SSSR count). The highest BCUT2D eigenvalue weighted by Crippen LogP contribution is 2.29. The molecular weight excluding hydrogens is 336 g/mol. The highest BCUT2D eigenvalue weighted by atomic mass is 32.2. The Morgan fingerprint density at radius 1 is 1.29 bits per heavy atom. The summed E-state index contributed by atoms with van der Waals surface area (Å²) in [4.78, 5) is 17.9. The van der Waals surface area contributed by atoms with Gasteiger partial charge in [0.1, 0.15) is 6.10 Å². The number of benzene rings is 1. The molecule has 0 spiro atoms. The number of nitrogens with zero attached hydrogens (tertiary/aromatic N) is 4. The third-order valence-electron chi connectivity index (χ3n) is 3.61. The first-order valence-electron chi connectivity index (χ1n) is 7.15. The van der Waals surface area contributed by atoms with Crippen LogP contribution in [0.1, 0.15) is 6.42 Å². The fourth-order valence-electron chi connectivity index (χ4n) is 2.49. The van der Waals surface area contributed by atoms with Crippen molar-refractivity contribution in [1.29, 1.82) is 0 Å². The summed E-state index contributed by atoms with van der Waals surface area (Å²) in [6, 6.07) is 5.31. The molecule has 0 aliphatic carbocycles. The fourth-order valence-corrected chi connectivity index (χ4v) is 4.14. The summed E-state index contributed by atoms with van der Waals surface area (Å²) in [6.07, 6.45) is 4.52. The van der Waals surface area contributed by atoms with Crippen molar-refractivity contribution in [2.24, 2.45) is 0 Å². The van der Waals surface area contributed by atoms with Crippen molar-refractivity contribution < 1.29 is 18.1 Å². The Kier molecular flexibility index (Phi) is 4.40. The summed E-state index contributed by atoms with van der Waals surface area (Å²) in [6.45, 7) is 0.324. The predicted octanol–water partition coefficient (Wildman–Crippen LogP) is 1.23. The van der Waals surface area contributed by atoms with Crippen LogP contribution in [0.15, 0.2) is 47.8 Å². The van der Waals surface area contributed by atoms with Gasteiger partial charge in [-0.25, -0.2) is 13.4 Å². The molecule has 10 heteroatoms. The van der Waals surface area contributed by atoms with Gasteiger partial charge >= 0.3 is 0 Å². The zero-order valence-corrected chi connectivity index (χ0v) is 13.3. The van der Waals surface area contributed by atoms with Crippen LogP contribution in [-0.4, -0.2) is 46.8 Å². The zero-order valence-electron chi connectivity index (χ0n) is 12.5. The molecule has 0 bridgehead atoms. The monoisotopic (exact) mass is 350 g/mol. The number of aromatic nitrogens is 2. The van der Waals surface area contributed by atoms with Crippen LogP contribution < -0.4 is 4.74 Å². The van der Waals surface area contributed by atoms with Gasteiger partial charge in [-0.1, -0.05) is 12.1 Å². The number of hydrogen-bond acceptors (Lipinski definition) is 7. The average molecular weight is 350 g/mol. The average Bonchev–Trinajstić information content (AvgIpc) is 3.05. The molecule has 0 radical (unpaired) electrons. The third kappa shape index (κ3) is 3.19. The highest BCUT2D eigenvalue weighted by Gasteiger charge is 2.37. The van der Waals surface area contributed by atoms with Gasteiger partial charge in [-0.05, 0) is 12.5 Å². The summed E-state index contributed by atoms with van der Waals surface area (Å²) in [5.74, 6) is 0.312. The topological polar surface area (TPSA) is 116 Å². The smallest absolute Gasteiger partial charge is 0.289 e. The molecule has 24 heavy (non-hydrogen) atoms. The van der Waals surface area contributed by atoms with Crippen molar-refractivity contribution in [3.63, 3.8) is 0 Å². The lowest BCUT2D eigenvalue weighted by Gasteiger charge is -2.16. The normalized spacial score (nSPS) is 18.4. The van der Waals surface area contributed by atoms with E-state index in [1.54, 1.807) is 0 Å². The first-order chi connectivity index (χ1) is 11.5. The van der Waals surface area contributed by atoms with Crippen LogP contribution in [0, 0.1) is 10.1 Å². The third-order valence-corrected chi connectivity index (χ3v) is 5.53. The molecule has 1 fully saturated rings. The molecule has 2 heterocycles. The lowest BCUT2D eigenvalue weighted by atomic mass is 10.3. The summed E-state index contributed by atoms with van der Waals surface area (Å²) in [5, 5.41) is 11.1. The van der Waals surface area contributed by atoms with Crippen LogP contribution in [0.5, 0.6) is 5.88 Å². The maximum Gasteiger partial charge on any atom is 0.289 e. The lowest BCUT2D eigenvalue weighted by Crippen LogP contribution is -2.31. The van der Waals surface area contributed by atoms with Crippen LogP contribution in [0.3, 0.4) is 0 Å². The number of hydrogen-bond donors (Lipinski definition) is 0. The second-order valence-corrected chi connectivity index (χ2v) is 7.07. The van der Waals surface area contributed by atoms with Gasteiger partial charge < -0.3 is 4.74 Å². The van der Waals surface area contributed by atoms with Gasteiger partial charge in [0.15, 0.2) is 4.90 Å². The van der Waals surface area contributed by atoms with Crippen LogP contribution >= 0.6 is 0 Å². The first kappa shape index (κ1) is 16.3. The Bertz CT molecular complexity index is 843. The van der Waals surface area contributed by atoms with Gasteiger partial charge in [-0.15, -0.1) is 0 Å². The van der Waals surface area contributed by atoms with E-state index in [-0.39, 0.29) is 24.1 Å². The van der Waals surface area contributed by atoms with Gasteiger partial charge in [0.25, 0.3) is 5.69 Å². The molecule has 1 aliphatic heterocycles. The fraction of sp³-hybridized carbons (Fsp3) is 0.286. The van der Waals surface area contributed by atoms with E-state index in [1.807, 2.05) is 0 Å². The molecule has 1 aliphatic rings. The van der Waals surface area contributed by atoms with Crippen molar-refractivity contribution in [2.75, 3.05) is 13.1 Å². The standard InChI is InChI=1S/C14H14N4O5S/c19-18(20)12-3-1-2-4-13(12)24(21,22)17-8-5-11(10-17)23-14-9-15-6-7-16-14/h1-4,6-7,9,11H,5,8,10H2. The van der Waals surface area contributed by atoms with Crippen molar-refractivity contribution in [1.82, 2.24) is 14.3 Å². The minimum absolute atomic E-state index is 0.102. The first-order valence-corrected chi connectivity index (χ1v) is 8.59. The molecule has 9 nitrogen and oxygen atoms in total. The Morgan fingerprint density at radius 3 is 2.79 bits per heavy atom. The molecular formula is C14H14N4O5S. The Morgan fingerprint density at radius 2 is 2.08 bits per heavy atom. The van der Waals surface area contributed by atoms with Gasteiger partial charge in [-0.3, -0.25) is 15.1 Å². The van der Waals surface area contributed by atoms with Gasteiger partial charge in [0.2, 0.25) is 15.9 Å². The number of ether oxygens (including phenoxy) is 1. The van der Waals surface area contributed by atoms with Crippen LogP contribution in [-0.2, 0) is 10.0 Å². The summed E-state index contributed by atoms with van der Waals surface area (Å²) < 4.78 is 32.2. The Labute approximate surface area is 138 Å². The molecule has 1 saturated heterocycles. The number of sulfonamides is 1. The van der Waals surface area contributed by atoms with E-state index in [0.717, 1.165) is 0 Å². The van der Waals surface area contributed by atoms with Crippen molar-refractivity contribution >= 4 is 15.7 Å². The summed E-state index contributed by atoms with van der Waals surface area (Å²) in [7, 11) is -3.96. The molecule has 0 N–H and O–H groups in total. The van der Waals surface area contributed by atoms with Crippen LogP contribution in [0.4, 0.5) is 5.69 Å². The Hall–Kier alpha value is -2.59. The number of para-hydroxylation sites is 1. The molecule has 1 unspecified atom stereocenters. The molecule has 0 amide bonds. The largest absolute Gasteiger partial charge is 0.472 e. The minimum atomic E-state index is -3.96. The lowest BCUT2D eigenvalue weighted by molar-refractivity contribution is -0.387. The predicted molar refractivity (Wildman–Crippen MR) is 82.9 cm³/mol. The molecule has 1 aromatic heterocycles. The second kappa shape index (κ2) is 6.49. The summed E-state index contributed by atoms with van der Waals surface area (Å²) >= 11 is 0. The Balaban J connectivity index is 1.79. The maximum absolute atomic E-state index is 12.7. The van der Waals surface area contributed by atoms with E-state index in [0.29, 0.717) is 12.3 Å². The van der Waals surface area contributed by atoms with Crippen molar-refractivity contribution in [2.45, 2.75) is 17.4 Å². The van der Waals surface area contributed by atoms with Gasteiger partial charge in [-0.2, -0.15) is 4.31 Å². The van der Waals surface area contributed by atoms with Crippen LogP contribution in [0.25, 0.3) is 0 Å². The SMILES string of the molecule is O=[N+]([O-])c1ccccc1S(=O)(=O)N1CCC(Oc2cnccn2)C1. The van der Waals surface area contributed by atoms with E-state index in [9.17, 15) is 18.5 Å². The van der Waals surface area contributed by atoms with Gasteiger partial charge in [0.05, 0.1) is 17.7 Å². The van der Waals surface area contributed by atoms with E-state index < -0.39 is 20.6 Å². The van der Waals surface area contributed by atoms with Crippen molar-refractivity contribution in [3.8, 4) is 5.88 Å². The molecule has 1 atom stereocenters. The van der Waals surface area contributed by atoms with E-state index >= 15 is 0 Å². The molecule has 0 saturated carbocycles. The second-order valence-electron chi connectivity index (χ2n) is 5.16. The number of nitro benzene ring substituents is 1. The zero-order chi connectivity index (χ0) is 17.2. The number of nitro groups is 1. The molecule has 1 aromatic carbocycles. The minimum Gasteiger partial charge on any atom is -0.472 e. The quantitative estimate of drug-likeness (QED) is 0.588. The van der Waals surface area contributed by atoms with E-state index in [4.69, 9.17) is 4.74 Å². The molecule has 126 valence electrons. The van der Waals surface area contributed by atoms with E-state index in [2.05, 4.69) is 9.97 Å². The molecule has 2 aromatic rings. The highest BCUT2D eigenvalue weighted by molar-refractivity contribution is 7.89. The van der Waals surface area contributed by atoms with Crippen molar-refractivity contribution in [3.05, 3.63) is 53.0 Å². The van der Waals surface area contributed by atoms with E-state index in [1.165, 1.54) is 47.2 Å².